The standard InChI is InChI=1S/C10H20O3/c1-3-5-7-9(11)8(6-4-2)10(12)13/h8-9,11H,3-7H2,1-2H3,(H,12,13). The first-order chi connectivity index (χ1) is 6.13. The van der Waals surface area contributed by atoms with Gasteiger partial charge in [0, 0.05) is 0 Å². The maximum atomic E-state index is 10.7. The SMILES string of the molecule is CCCCC(O)C(CCC)C(=O)O. The van der Waals surface area contributed by atoms with Crippen molar-refractivity contribution in [2.24, 2.45) is 5.92 Å². The minimum Gasteiger partial charge on any atom is -0.481 e. The fourth-order valence-electron chi connectivity index (χ4n) is 1.41. The zero-order valence-corrected chi connectivity index (χ0v) is 8.49. The van der Waals surface area contributed by atoms with Gasteiger partial charge < -0.3 is 10.2 Å². The van der Waals surface area contributed by atoms with E-state index < -0.39 is 18.0 Å². The molecule has 78 valence electrons. The van der Waals surface area contributed by atoms with Gasteiger partial charge in [0.25, 0.3) is 0 Å². The number of carboxylic acid groups (broad SMARTS) is 1. The average Bonchev–Trinajstić information content (AvgIpc) is 2.09. The summed E-state index contributed by atoms with van der Waals surface area (Å²) in [5.41, 5.74) is 0. The quantitative estimate of drug-likeness (QED) is 0.642. The Balaban J connectivity index is 3.95. The zero-order chi connectivity index (χ0) is 10.3. The minimum absolute atomic E-state index is 0.570. The lowest BCUT2D eigenvalue weighted by atomic mass is 9.94. The third-order valence-electron chi connectivity index (χ3n) is 2.23. The first-order valence-electron chi connectivity index (χ1n) is 5.04. The van der Waals surface area contributed by atoms with E-state index in [1.807, 2.05) is 13.8 Å². The van der Waals surface area contributed by atoms with Crippen LogP contribution in [0.25, 0.3) is 0 Å². The van der Waals surface area contributed by atoms with Crippen molar-refractivity contribution in [1.82, 2.24) is 0 Å². The van der Waals surface area contributed by atoms with Crippen LogP contribution in [0.15, 0.2) is 0 Å². The molecule has 0 spiro atoms. The predicted molar refractivity (Wildman–Crippen MR) is 51.6 cm³/mol. The van der Waals surface area contributed by atoms with Crippen LogP contribution in [0.3, 0.4) is 0 Å². The van der Waals surface area contributed by atoms with Gasteiger partial charge in [0.15, 0.2) is 0 Å². The molecule has 0 fully saturated rings. The van der Waals surface area contributed by atoms with Crippen molar-refractivity contribution in [3.05, 3.63) is 0 Å². The van der Waals surface area contributed by atoms with Gasteiger partial charge in [0.1, 0.15) is 0 Å². The normalized spacial score (nSPS) is 15.3. The van der Waals surface area contributed by atoms with Crippen molar-refractivity contribution in [2.45, 2.75) is 52.1 Å². The molecule has 0 rings (SSSR count). The molecule has 2 unspecified atom stereocenters. The van der Waals surface area contributed by atoms with Crippen LogP contribution in [0.5, 0.6) is 0 Å². The van der Waals surface area contributed by atoms with Crippen molar-refractivity contribution in [1.29, 1.82) is 0 Å². The highest BCUT2D eigenvalue weighted by Gasteiger charge is 2.24. The number of aliphatic carboxylic acids is 1. The molecule has 0 aliphatic heterocycles. The molecule has 2 atom stereocenters. The van der Waals surface area contributed by atoms with Crippen molar-refractivity contribution >= 4 is 5.97 Å². The number of rotatable bonds is 7. The molecule has 0 aromatic heterocycles. The van der Waals surface area contributed by atoms with Gasteiger partial charge >= 0.3 is 5.97 Å². The summed E-state index contributed by atoms with van der Waals surface area (Å²) in [6.07, 6.45) is 3.20. The maximum Gasteiger partial charge on any atom is 0.309 e. The van der Waals surface area contributed by atoms with Crippen LogP contribution in [0.2, 0.25) is 0 Å². The summed E-state index contributed by atoms with van der Waals surface area (Å²) in [4.78, 5) is 10.7. The molecule has 0 radical (unpaired) electrons. The molecule has 0 aromatic rings. The van der Waals surface area contributed by atoms with Crippen molar-refractivity contribution in [3.8, 4) is 0 Å². The van der Waals surface area contributed by atoms with Crippen molar-refractivity contribution in [2.75, 3.05) is 0 Å². The van der Waals surface area contributed by atoms with Gasteiger partial charge in [-0.15, -0.1) is 0 Å². The molecule has 3 nitrogen and oxygen atoms in total. The van der Waals surface area contributed by atoms with Crippen LogP contribution >= 0.6 is 0 Å². The van der Waals surface area contributed by atoms with Gasteiger partial charge in [0.2, 0.25) is 0 Å². The van der Waals surface area contributed by atoms with Gasteiger partial charge in [-0.3, -0.25) is 4.79 Å². The molecule has 0 bridgehead atoms. The highest BCUT2D eigenvalue weighted by Crippen LogP contribution is 2.16. The zero-order valence-electron chi connectivity index (χ0n) is 8.49. The van der Waals surface area contributed by atoms with Crippen LogP contribution in [0.4, 0.5) is 0 Å². The molecule has 13 heavy (non-hydrogen) atoms. The van der Waals surface area contributed by atoms with Gasteiger partial charge in [-0.05, 0) is 12.8 Å². The maximum absolute atomic E-state index is 10.7. The van der Waals surface area contributed by atoms with Crippen LogP contribution in [0, 0.1) is 5.92 Å². The second kappa shape index (κ2) is 6.89. The summed E-state index contributed by atoms with van der Waals surface area (Å²) in [7, 11) is 0. The van der Waals surface area contributed by atoms with E-state index in [0.717, 1.165) is 19.3 Å². The van der Waals surface area contributed by atoms with Crippen molar-refractivity contribution in [3.63, 3.8) is 0 Å². The van der Waals surface area contributed by atoms with Gasteiger partial charge in [-0.1, -0.05) is 33.1 Å². The lowest BCUT2D eigenvalue weighted by molar-refractivity contribution is -0.146. The van der Waals surface area contributed by atoms with Crippen molar-refractivity contribution < 1.29 is 15.0 Å². The summed E-state index contributed by atoms with van der Waals surface area (Å²) in [5.74, 6) is -1.44. The minimum atomic E-state index is -0.870. The molecule has 0 aliphatic carbocycles. The molecule has 0 aromatic carbocycles. The third kappa shape index (κ3) is 4.88. The number of unbranched alkanes of at least 4 members (excludes halogenated alkanes) is 1. The van der Waals surface area contributed by atoms with E-state index in [1.54, 1.807) is 0 Å². The first kappa shape index (κ1) is 12.4. The average molecular weight is 188 g/mol. The van der Waals surface area contributed by atoms with E-state index in [0.29, 0.717) is 12.8 Å². The Morgan fingerprint density at radius 1 is 1.23 bits per heavy atom. The molecular formula is C10H20O3. The molecule has 2 N–H and O–H groups in total. The predicted octanol–water partition coefficient (Wildman–Crippen LogP) is 2.04. The number of carboxylic acids is 1. The topological polar surface area (TPSA) is 57.5 Å². The smallest absolute Gasteiger partial charge is 0.309 e. The highest BCUT2D eigenvalue weighted by molar-refractivity contribution is 5.70. The van der Waals surface area contributed by atoms with E-state index in [4.69, 9.17) is 5.11 Å². The van der Waals surface area contributed by atoms with Crippen LogP contribution in [0.1, 0.15) is 46.0 Å². The molecule has 0 amide bonds. The first-order valence-corrected chi connectivity index (χ1v) is 5.04. The van der Waals surface area contributed by atoms with Gasteiger partial charge in [-0.25, -0.2) is 0 Å². The van der Waals surface area contributed by atoms with E-state index in [2.05, 4.69) is 0 Å². The molecular weight excluding hydrogens is 168 g/mol. The monoisotopic (exact) mass is 188 g/mol. The fraction of sp³-hybridized carbons (Fsp3) is 0.900. The number of hydrogen-bond acceptors (Lipinski definition) is 2. The number of aliphatic hydroxyl groups excluding tert-OH is 1. The van der Waals surface area contributed by atoms with Gasteiger partial charge in [-0.2, -0.15) is 0 Å². The Hall–Kier alpha value is -0.570. The van der Waals surface area contributed by atoms with E-state index in [-0.39, 0.29) is 0 Å². The second-order valence-electron chi connectivity index (χ2n) is 3.44. The second-order valence-corrected chi connectivity index (χ2v) is 3.44. The summed E-state index contributed by atoms with van der Waals surface area (Å²) in [6, 6.07) is 0. The Morgan fingerprint density at radius 3 is 2.23 bits per heavy atom. The Bertz CT molecular complexity index is 145. The number of aliphatic hydroxyl groups is 1. The number of hydrogen-bond donors (Lipinski definition) is 2. The molecule has 0 saturated carbocycles. The Morgan fingerprint density at radius 2 is 1.85 bits per heavy atom. The highest BCUT2D eigenvalue weighted by atomic mass is 16.4. The summed E-state index contributed by atoms with van der Waals surface area (Å²) in [6.45, 7) is 3.96. The van der Waals surface area contributed by atoms with E-state index in [1.165, 1.54) is 0 Å². The molecule has 3 heteroatoms. The van der Waals surface area contributed by atoms with E-state index in [9.17, 15) is 9.90 Å². The lowest BCUT2D eigenvalue weighted by Crippen LogP contribution is -2.27. The summed E-state index contributed by atoms with van der Waals surface area (Å²) >= 11 is 0. The van der Waals surface area contributed by atoms with E-state index >= 15 is 0 Å². The molecule has 0 saturated heterocycles. The van der Waals surface area contributed by atoms with Crippen LogP contribution < -0.4 is 0 Å². The Kier molecular flexibility index (Phi) is 6.59. The molecule has 0 heterocycles. The lowest BCUT2D eigenvalue weighted by Gasteiger charge is -2.17. The Labute approximate surface area is 79.8 Å². The molecule has 0 aliphatic rings. The fourth-order valence-corrected chi connectivity index (χ4v) is 1.41. The summed E-state index contributed by atoms with van der Waals surface area (Å²) in [5, 5.41) is 18.4. The van der Waals surface area contributed by atoms with Crippen LogP contribution in [-0.2, 0) is 4.79 Å². The number of carbonyl (C=O) groups is 1. The van der Waals surface area contributed by atoms with Crippen LogP contribution in [-0.4, -0.2) is 22.3 Å². The summed E-state index contributed by atoms with van der Waals surface area (Å²) < 4.78 is 0. The third-order valence-corrected chi connectivity index (χ3v) is 2.23. The van der Waals surface area contributed by atoms with Gasteiger partial charge in [0.05, 0.1) is 12.0 Å². The largest absolute Gasteiger partial charge is 0.481 e.